The van der Waals surface area contributed by atoms with E-state index in [2.05, 4.69) is 20.1 Å². The van der Waals surface area contributed by atoms with Gasteiger partial charge in [-0.15, -0.1) is 10.2 Å². The third-order valence-electron chi connectivity index (χ3n) is 6.08. The molecule has 3 heterocycles. The van der Waals surface area contributed by atoms with Crippen LogP contribution in [0.5, 0.6) is 5.75 Å². The highest BCUT2D eigenvalue weighted by atomic mass is 16.5. The summed E-state index contributed by atoms with van der Waals surface area (Å²) < 4.78 is 13.4. The molecule has 0 saturated carbocycles. The summed E-state index contributed by atoms with van der Waals surface area (Å²) in [7, 11) is 0. The average Bonchev–Trinajstić information content (AvgIpc) is 3.37. The Morgan fingerprint density at radius 3 is 2.87 bits per heavy atom. The Morgan fingerprint density at radius 2 is 2.00 bits per heavy atom. The third kappa shape index (κ3) is 3.26. The molecule has 2 aliphatic rings. The van der Waals surface area contributed by atoms with Crippen molar-refractivity contribution in [3.05, 3.63) is 50.9 Å². The van der Waals surface area contributed by atoms with E-state index in [1.807, 2.05) is 19.1 Å². The van der Waals surface area contributed by atoms with Crippen molar-refractivity contribution in [1.82, 2.24) is 20.1 Å². The summed E-state index contributed by atoms with van der Waals surface area (Å²) in [5, 5.41) is 12.1. The zero-order valence-corrected chi connectivity index (χ0v) is 17.0. The first kappa shape index (κ1) is 18.8. The van der Waals surface area contributed by atoms with Crippen molar-refractivity contribution >= 4 is 16.9 Å². The lowest BCUT2D eigenvalue weighted by Gasteiger charge is -2.18. The van der Waals surface area contributed by atoms with Crippen molar-refractivity contribution in [3.8, 4) is 5.75 Å². The highest BCUT2D eigenvalue weighted by Gasteiger charge is 2.21. The van der Waals surface area contributed by atoms with Crippen molar-refractivity contribution < 1.29 is 13.9 Å². The summed E-state index contributed by atoms with van der Waals surface area (Å²) >= 11 is 0. The molecule has 1 amide bonds. The first-order valence-corrected chi connectivity index (χ1v) is 10.5. The number of hydrogen-bond donors (Lipinski definition) is 1. The Morgan fingerprint density at radius 1 is 1.17 bits per heavy atom. The molecule has 8 nitrogen and oxygen atoms in total. The van der Waals surface area contributed by atoms with E-state index in [4.69, 9.17) is 9.15 Å². The van der Waals surface area contributed by atoms with Crippen LogP contribution in [0, 0.1) is 6.92 Å². The van der Waals surface area contributed by atoms with E-state index >= 15 is 0 Å². The third-order valence-corrected chi connectivity index (χ3v) is 6.08. The summed E-state index contributed by atoms with van der Waals surface area (Å²) in [4.78, 5) is 24.7. The van der Waals surface area contributed by atoms with Crippen LogP contribution in [0.3, 0.4) is 0 Å². The quantitative estimate of drug-likeness (QED) is 0.650. The number of rotatable bonds is 5. The lowest BCUT2D eigenvalue weighted by Crippen LogP contribution is -2.29. The van der Waals surface area contributed by atoms with Gasteiger partial charge < -0.3 is 19.0 Å². The van der Waals surface area contributed by atoms with Gasteiger partial charge in [0.05, 0.1) is 6.54 Å². The van der Waals surface area contributed by atoms with Crippen LogP contribution in [0.25, 0.3) is 11.0 Å². The Hall–Kier alpha value is -3.16. The minimum atomic E-state index is -0.254. The van der Waals surface area contributed by atoms with E-state index < -0.39 is 0 Å². The topological polar surface area (TPSA) is 99.2 Å². The smallest absolute Gasteiger partial charge is 0.339 e. The Labute approximate surface area is 173 Å². The molecule has 0 saturated heterocycles. The van der Waals surface area contributed by atoms with Crippen LogP contribution in [0.2, 0.25) is 0 Å². The summed E-state index contributed by atoms with van der Waals surface area (Å²) in [6.45, 7) is 2.96. The normalized spacial score (nSPS) is 15.1. The Bertz CT molecular complexity index is 1190. The average molecular weight is 408 g/mol. The van der Waals surface area contributed by atoms with Crippen molar-refractivity contribution in [1.29, 1.82) is 0 Å². The van der Waals surface area contributed by atoms with E-state index in [1.165, 1.54) is 0 Å². The zero-order valence-electron chi connectivity index (χ0n) is 17.0. The molecule has 1 aliphatic heterocycles. The van der Waals surface area contributed by atoms with Gasteiger partial charge in [0.15, 0.2) is 12.4 Å². The van der Waals surface area contributed by atoms with Gasteiger partial charge in [-0.1, -0.05) is 0 Å². The number of nitrogens with zero attached hydrogens (tertiary/aromatic N) is 3. The maximum Gasteiger partial charge on any atom is 0.339 e. The van der Waals surface area contributed by atoms with E-state index in [9.17, 15) is 9.59 Å². The standard InChI is InChI=1S/C22H24N4O4/c1-13-17(9-8-15-14-5-2-3-6-16(14)22(28)30-21(13)15)29-12-20(27)23-11-19-25-24-18-7-4-10-26(18)19/h8-9H,2-7,10-12H2,1H3,(H,23,27). The van der Waals surface area contributed by atoms with Crippen LogP contribution in [-0.2, 0) is 37.1 Å². The molecular formula is C22H24N4O4. The molecule has 2 aromatic heterocycles. The molecule has 1 aromatic carbocycles. The molecular weight excluding hydrogens is 384 g/mol. The number of nitrogens with one attached hydrogen (secondary N) is 1. The SMILES string of the molecule is Cc1c(OCC(=O)NCc2nnc3n2CCC3)ccc2c3c(c(=O)oc12)CCCC3. The minimum Gasteiger partial charge on any atom is -0.483 e. The molecule has 0 bridgehead atoms. The number of hydrogen-bond acceptors (Lipinski definition) is 6. The van der Waals surface area contributed by atoms with E-state index in [0.29, 0.717) is 17.9 Å². The number of aromatic nitrogens is 3. The van der Waals surface area contributed by atoms with Gasteiger partial charge in [0.1, 0.15) is 17.2 Å². The number of fused-ring (bicyclic) bond motifs is 4. The predicted octanol–water partition coefficient (Wildman–Crippen LogP) is 2.21. The number of carbonyl (C=O) groups is 1. The summed E-state index contributed by atoms with van der Waals surface area (Å²) in [6, 6.07) is 3.79. The van der Waals surface area contributed by atoms with Gasteiger partial charge in [-0.25, -0.2) is 4.79 Å². The van der Waals surface area contributed by atoms with Gasteiger partial charge >= 0.3 is 5.63 Å². The van der Waals surface area contributed by atoms with Crippen LogP contribution in [0.4, 0.5) is 0 Å². The maximum absolute atomic E-state index is 12.4. The van der Waals surface area contributed by atoms with Crippen molar-refractivity contribution in [3.63, 3.8) is 0 Å². The van der Waals surface area contributed by atoms with Crippen molar-refractivity contribution in [2.75, 3.05) is 6.61 Å². The first-order chi connectivity index (χ1) is 14.6. The van der Waals surface area contributed by atoms with Crippen LogP contribution < -0.4 is 15.7 Å². The fourth-order valence-electron chi connectivity index (χ4n) is 4.49. The van der Waals surface area contributed by atoms with Gasteiger partial charge in [0.25, 0.3) is 5.91 Å². The largest absolute Gasteiger partial charge is 0.483 e. The molecule has 30 heavy (non-hydrogen) atoms. The van der Waals surface area contributed by atoms with Gasteiger partial charge in [-0.05, 0) is 56.7 Å². The van der Waals surface area contributed by atoms with E-state index in [1.54, 1.807) is 0 Å². The fraction of sp³-hybridized carbons (Fsp3) is 0.455. The van der Waals surface area contributed by atoms with Crippen LogP contribution in [-0.4, -0.2) is 27.3 Å². The molecule has 0 unspecified atom stereocenters. The van der Waals surface area contributed by atoms with E-state index in [0.717, 1.165) is 78.8 Å². The van der Waals surface area contributed by atoms with Crippen LogP contribution in [0.1, 0.15) is 47.6 Å². The molecule has 156 valence electrons. The lowest BCUT2D eigenvalue weighted by atomic mass is 9.90. The predicted molar refractivity (Wildman–Crippen MR) is 110 cm³/mol. The fourth-order valence-corrected chi connectivity index (χ4v) is 4.49. The monoisotopic (exact) mass is 408 g/mol. The van der Waals surface area contributed by atoms with Gasteiger partial charge in [0, 0.05) is 29.5 Å². The van der Waals surface area contributed by atoms with E-state index in [-0.39, 0.29) is 18.1 Å². The molecule has 0 atom stereocenters. The second-order valence-electron chi connectivity index (χ2n) is 7.97. The minimum absolute atomic E-state index is 0.123. The van der Waals surface area contributed by atoms with Crippen molar-refractivity contribution in [2.24, 2.45) is 0 Å². The molecule has 0 radical (unpaired) electrons. The number of carbonyl (C=O) groups excluding carboxylic acids is 1. The van der Waals surface area contributed by atoms with Crippen LogP contribution >= 0.6 is 0 Å². The Balaban J connectivity index is 1.29. The molecule has 0 fully saturated rings. The number of aryl methyl sites for hydroxylation is 3. The number of ether oxygens (including phenoxy) is 1. The maximum atomic E-state index is 12.4. The molecule has 8 heteroatoms. The van der Waals surface area contributed by atoms with Crippen LogP contribution in [0.15, 0.2) is 21.3 Å². The van der Waals surface area contributed by atoms with Gasteiger partial charge in [-0.2, -0.15) is 0 Å². The van der Waals surface area contributed by atoms with Gasteiger partial charge in [-0.3, -0.25) is 4.79 Å². The molecule has 1 aliphatic carbocycles. The number of benzene rings is 1. The first-order valence-electron chi connectivity index (χ1n) is 10.5. The highest BCUT2D eigenvalue weighted by Crippen LogP contribution is 2.32. The van der Waals surface area contributed by atoms with Crippen molar-refractivity contribution in [2.45, 2.75) is 58.5 Å². The molecule has 0 spiro atoms. The van der Waals surface area contributed by atoms with Gasteiger partial charge in [0.2, 0.25) is 0 Å². The molecule has 3 aromatic rings. The Kier molecular flexibility index (Phi) is 4.77. The lowest BCUT2D eigenvalue weighted by molar-refractivity contribution is -0.123. The summed E-state index contributed by atoms with van der Waals surface area (Å²) in [5.74, 6) is 2.05. The number of amides is 1. The zero-order chi connectivity index (χ0) is 20.7. The molecule has 5 rings (SSSR count). The molecule has 1 N–H and O–H groups in total. The summed E-state index contributed by atoms with van der Waals surface area (Å²) in [6.07, 6.45) is 5.78. The highest BCUT2D eigenvalue weighted by molar-refractivity contribution is 5.86. The summed E-state index contributed by atoms with van der Waals surface area (Å²) in [5.41, 5.74) is 2.94. The second-order valence-corrected chi connectivity index (χ2v) is 7.97. The second kappa shape index (κ2) is 7.59.